The summed E-state index contributed by atoms with van der Waals surface area (Å²) in [6.45, 7) is 6.95. The van der Waals surface area contributed by atoms with Crippen LogP contribution >= 0.6 is 0 Å². The van der Waals surface area contributed by atoms with Crippen LogP contribution in [0.2, 0.25) is 0 Å². The smallest absolute Gasteiger partial charge is 0.125 e. The zero-order chi connectivity index (χ0) is 17.8. The summed E-state index contributed by atoms with van der Waals surface area (Å²) in [5, 5.41) is 10.5. The van der Waals surface area contributed by atoms with Crippen LogP contribution in [-0.4, -0.2) is 27.4 Å². The molecule has 0 aliphatic carbocycles. The number of para-hydroxylation sites is 3. The molecule has 0 fully saturated rings. The number of ether oxygens (including phenoxy) is 1. The van der Waals surface area contributed by atoms with Gasteiger partial charge >= 0.3 is 0 Å². The first-order valence-electron chi connectivity index (χ1n) is 8.91. The Balaban J connectivity index is 1.75. The molecule has 1 aromatic heterocycles. The quantitative estimate of drug-likeness (QED) is 0.707. The van der Waals surface area contributed by atoms with E-state index in [1.54, 1.807) is 0 Å². The number of nitrogens with zero attached hydrogens (tertiary/aromatic N) is 2. The standard InChI is InChI=1S/C21H26N2O2/c1-4-8-20-22-18-11-5-6-12-19(18)23(20)13-17(24)14-25-21-15(2)9-7-10-16(21)3/h5-7,9-12,17,24H,4,8,13-14H2,1-3H3/t17-/m1/s1. The van der Waals surface area contributed by atoms with Gasteiger partial charge in [0.1, 0.15) is 24.3 Å². The molecule has 0 saturated carbocycles. The van der Waals surface area contributed by atoms with E-state index in [-0.39, 0.29) is 6.61 Å². The molecule has 3 aromatic rings. The van der Waals surface area contributed by atoms with Gasteiger partial charge in [-0.2, -0.15) is 0 Å². The van der Waals surface area contributed by atoms with Gasteiger partial charge in [-0.3, -0.25) is 0 Å². The van der Waals surface area contributed by atoms with Gasteiger partial charge in [0.25, 0.3) is 0 Å². The van der Waals surface area contributed by atoms with E-state index in [1.807, 2.05) is 50.2 Å². The Labute approximate surface area is 149 Å². The van der Waals surface area contributed by atoms with E-state index in [9.17, 15) is 5.11 Å². The predicted octanol–water partition coefficient (Wildman–Crippen LogP) is 4.05. The average molecular weight is 338 g/mol. The highest BCUT2D eigenvalue weighted by Crippen LogP contribution is 2.23. The molecule has 0 unspecified atom stereocenters. The molecule has 4 nitrogen and oxygen atoms in total. The van der Waals surface area contributed by atoms with E-state index in [4.69, 9.17) is 9.72 Å². The van der Waals surface area contributed by atoms with Crippen molar-refractivity contribution in [3.8, 4) is 5.75 Å². The molecule has 0 spiro atoms. The van der Waals surface area contributed by atoms with Crippen LogP contribution in [0.25, 0.3) is 11.0 Å². The number of rotatable bonds is 7. The highest BCUT2D eigenvalue weighted by Gasteiger charge is 2.15. The van der Waals surface area contributed by atoms with E-state index in [0.717, 1.165) is 46.6 Å². The van der Waals surface area contributed by atoms with Crippen molar-refractivity contribution in [2.75, 3.05) is 6.61 Å². The molecule has 1 heterocycles. The number of aliphatic hydroxyl groups is 1. The Morgan fingerprint density at radius 2 is 1.80 bits per heavy atom. The predicted molar refractivity (Wildman–Crippen MR) is 101 cm³/mol. The van der Waals surface area contributed by atoms with Crippen LogP contribution in [0.15, 0.2) is 42.5 Å². The van der Waals surface area contributed by atoms with Crippen molar-refractivity contribution in [2.24, 2.45) is 0 Å². The third kappa shape index (κ3) is 3.85. The molecule has 25 heavy (non-hydrogen) atoms. The lowest BCUT2D eigenvalue weighted by Gasteiger charge is -2.17. The number of benzene rings is 2. The maximum absolute atomic E-state index is 10.5. The van der Waals surface area contributed by atoms with Crippen LogP contribution in [0.5, 0.6) is 5.75 Å². The maximum Gasteiger partial charge on any atom is 0.125 e. The fourth-order valence-corrected chi connectivity index (χ4v) is 3.21. The summed E-state index contributed by atoms with van der Waals surface area (Å²) < 4.78 is 8.03. The lowest BCUT2D eigenvalue weighted by molar-refractivity contribution is 0.0920. The fourth-order valence-electron chi connectivity index (χ4n) is 3.21. The minimum Gasteiger partial charge on any atom is -0.490 e. The topological polar surface area (TPSA) is 47.3 Å². The molecule has 0 saturated heterocycles. The van der Waals surface area contributed by atoms with Gasteiger partial charge in [0.15, 0.2) is 0 Å². The van der Waals surface area contributed by atoms with E-state index < -0.39 is 6.10 Å². The second kappa shape index (κ2) is 7.70. The summed E-state index contributed by atoms with van der Waals surface area (Å²) in [6.07, 6.45) is 1.34. The zero-order valence-electron chi connectivity index (χ0n) is 15.2. The van der Waals surface area contributed by atoms with Gasteiger partial charge in [0.2, 0.25) is 0 Å². The van der Waals surface area contributed by atoms with Crippen molar-refractivity contribution >= 4 is 11.0 Å². The van der Waals surface area contributed by atoms with Crippen molar-refractivity contribution < 1.29 is 9.84 Å². The third-order valence-electron chi connectivity index (χ3n) is 4.43. The molecule has 0 aliphatic heterocycles. The normalized spacial score (nSPS) is 12.5. The number of hydrogen-bond acceptors (Lipinski definition) is 3. The molecular weight excluding hydrogens is 312 g/mol. The molecule has 1 N–H and O–H groups in total. The van der Waals surface area contributed by atoms with Gasteiger partial charge in [0, 0.05) is 6.42 Å². The monoisotopic (exact) mass is 338 g/mol. The van der Waals surface area contributed by atoms with Crippen LogP contribution in [0.1, 0.15) is 30.3 Å². The minimum absolute atomic E-state index is 0.268. The van der Waals surface area contributed by atoms with Gasteiger partial charge in [-0.15, -0.1) is 0 Å². The van der Waals surface area contributed by atoms with Crippen LogP contribution in [0.3, 0.4) is 0 Å². The number of aromatic nitrogens is 2. The highest BCUT2D eigenvalue weighted by atomic mass is 16.5. The number of hydrogen-bond donors (Lipinski definition) is 1. The molecule has 0 amide bonds. The summed E-state index contributed by atoms with van der Waals surface area (Å²) in [4.78, 5) is 4.71. The first-order chi connectivity index (χ1) is 12.1. The van der Waals surface area contributed by atoms with Crippen LogP contribution < -0.4 is 4.74 Å². The summed E-state index contributed by atoms with van der Waals surface area (Å²) in [5.74, 6) is 1.89. The van der Waals surface area contributed by atoms with E-state index in [0.29, 0.717) is 6.54 Å². The lowest BCUT2D eigenvalue weighted by Crippen LogP contribution is -2.25. The Morgan fingerprint density at radius 1 is 1.08 bits per heavy atom. The number of aryl methyl sites for hydroxylation is 3. The first-order valence-corrected chi connectivity index (χ1v) is 8.91. The molecule has 0 aliphatic rings. The SMILES string of the molecule is CCCc1nc2ccccc2n1C[C@@H](O)COc1c(C)cccc1C. The number of fused-ring (bicyclic) bond motifs is 1. The summed E-state index contributed by atoms with van der Waals surface area (Å²) in [5.41, 5.74) is 4.23. The molecule has 0 bridgehead atoms. The summed E-state index contributed by atoms with van der Waals surface area (Å²) in [6, 6.07) is 14.1. The van der Waals surface area contributed by atoms with Crippen molar-refractivity contribution in [1.82, 2.24) is 9.55 Å². The van der Waals surface area contributed by atoms with E-state index in [2.05, 4.69) is 17.6 Å². The average Bonchev–Trinajstić information content (AvgIpc) is 2.92. The molecule has 0 radical (unpaired) electrons. The second-order valence-corrected chi connectivity index (χ2v) is 6.56. The Morgan fingerprint density at radius 3 is 2.52 bits per heavy atom. The molecule has 132 valence electrons. The minimum atomic E-state index is -0.591. The van der Waals surface area contributed by atoms with Gasteiger partial charge < -0.3 is 14.4 Å². The van der Waals surface area contributed by atoms with Crippen molar-refractivity contribution in [3.05, 3.63) is 59.4 Å². The van der Waals surface area contributed by atoms with Crippen LogP contribution in [0.4, 0.5) is 0 Å². The number of imidazole rings is 1. The number of aliphatic hydroxyl groups excluding tert-OH is 1. The Bertz CT molecular complexity index is 834. The van der Waals surface area contributed by atoms with Gasteiger partial charge in [-0.1, -0.05) is 37.3 Å². The molecule has 1 atom stereocenters. The van der Waals surface area contributed by atoms with Crippen LogP contribution in [-0.2, 0) is 13.0 Å². The Hall–Kier alpha value is -2.33. The van der Waals surface area contributed by atoms with Gasteiger partial charge in [-0.25, -0.2) is 4.98 Å². The third-order valence-corrected chi connectivity index (χ3v) is 4.43. The molecule has 2 aromatic carbocycles. The molecule has 4 heteroatoms. The summed E-state index contributed by atoms with van der Waals surface area (Å²) >= 11 is 0. The van der Waals surface area contributed by atoms with Crippen molar-refractivity contribution in [2.45, 2.75) is 46.3 Å². The largest absolute Gasteiger partial charge is 0.490 e. The van der Waals surface area contributed by atoms with Crippen molar-refractivity contribution in [3.63, 3.8) is 0 Å². The summed E-state index contributed by atoms with van der Waals surface area (Å²) in [7, 11) is 0. The molecular formula is C21H26N2O2. The maximum atomic E-state index is 10.5. The van der Waals surface area contributed by atoms with Crippen LogP contribution in [0, 0.1) is 13.8 Å². The second-order valence-electron chi connectivity index (χ2n) is 6.56. The van der Waals surface area contributed by atoms with Gasteiger partial charge in [0.05, 0.1) is 17.6 Å². The van der Waals surface area contributed by atoms with Gasteiger partial charge in [-0.05, 0) is 43.5 Å². The highest BCUT2D eigenvalue weighted by molar-refractivity contribution is 5.75. The lowest BCUT2D eigenvalue weighted by atomic mass is 10.1. The van der Waals surface area contributed by atoms with E-state index >= 15 is 0 Å². The fraction of sp³-hybridized carbons (Fsp3) is 0.381. The van der Waals surface area contributed by atoms with Crippen molar-refractivity contribution in [1.29, 1.82) is 0 Å². The molecule has 3 rings (SSSR count). The first kappa shape index (κ1) is 17.5. The zero-order valence-corrected chi connectivity index (χ0v) is 15.2. The van der Waals surface area contributed by atoms with E-state index in [1.165, 1.54) is 0 Å². The Kier molecular flexibility index (Phi) is 5.39.